The van der Waals surface area contributed by atoms with Crippen molar-refractivity contribution < 1.29 is 9.90 Å². The number of carbonyl (C=O) groups is 1. The maximum Gasteiger partial charge on any atom is 0.320 e. The molecule has 1 aliphatic heterocycles. The Kier molecular flexibility index (Phi) is 5.15. The number of nitrogens with zero attached hydrogens (tertiary/aromatic N) is 2. The van der Waals surface area contributed by atoms with Crippen molar-refractivity contribution in [3.8, 4) is 0 Å². The van der Waals surface area contributed by atoms with E-state index in [1.54, 1.807) is 0 Å². The molecule has 20 heavy (non-hydrogen) atoms. The summed E-state index contributed by atoms with van der Waals surface area (Å²) in [5.74, 6) is -0.712. The zero-order valence-corrected chi connectivity index (χ0v) is 12.3. The van der Waals surface area contributed by atoms with Gasteiger partial charge in [0.05, 0.1) is 0 Å². The molecule has 0 spiro atoms. The average Bonchev–Trinajstić information content (AvgIpc) is 2.88. The predicted molar refractivity (Wildman–Crippen MR) is 79.6 cm³/mol. The van der Waals surface area contributed by atoms with E-state index in [0.29, 0.717) is 12.5 Å². The van der Waals surface area contributed by atoms with Gasteiger partial charge < -0.3 is 5.11 Å². The van der Waals surface area contributed by atoms with E-state index in [9.17, 15) is 9.90 Å². The van der Waals surface area contributed by atoms with Crippen LogP contribution in [0.15, 0.2) is 30.3 Å². The first-order valence-electron chi connectivity index (χ1n) is 7.32. The highest BCUT2D eigenvalue weighted by Gasteiger charge is 2.31. The van der Waals surface area contributed by atoms with Gasteiger partial charge in [0.2, 0.25) is 0 Å². The van der Waals surface area contributed by atoms with E-state index < -0.39 is 5.97 Å². The Morgan fingerprint density at radius 1 is 1.45 bits per heavy atom. The van der Waals surface area contributed by atoms with Crippen molar-refractivity contribution in [3.05, 3.63) is 35.9 Å². The minimum atomic E-state index is -0.712. The molecule has 1 aromatic rings. The van der Waals surface area contributed by atoms with Crippen LogP contribution in [0.5, 0.6) is 0 Å². The van der Waals surface area contributed by atoms with Crippen LogP contribution in [-0.4, -0.2) is 53.1 Å². The quantitative estimate of drug-likeness (QED) is 0.863. The summed E-state index contributed by atoms with van der Waals surface area (Å²) in [6.45, 7) is 4.89. The molecule has 0 aliphatic carbocycles. The van der Waals surface area contributed by atoms with E-state index >= 15 is 0 Å². The molecule has 1 heterocycles. The number of benzene rings is 1. The van der Waals surface area contributed by atoms with E-state index in [1.807, 2.05) is 24.9 Å². The second-order valence-electron chi connectivity index (χ2n) is 5.59. The summed E-state index contributed by atoms with van der Waals surface area (Å²) < 4.78 is 0. The third-order valence-electron chi connectivity index (χ3n) is 4.24. The fourth-order valence-electron chi connectivity index (χ4n) is 3.02. The summed E-state index contributed by atoms with van der Waals surface area (Å²) in [4.78, 5) is 15.7. The van der Waals surface area contributed by atoms with Gasteiger partial charge in [0.15, 0.2) is 0 Å². The zero-order valence-electron chi connectivity index (χ0n) is 12.3. The van der Waals surface area contributed by atoms with Gasteiger partial charge in [-0.25, -0.2) is 0 Å². The number of rotatable bonds is 6. The van der Waals surface area contributed by atoms with Crippen molar-refractivity contribution in [2.45, 2.75) is 38.4 Å². The van der Waals surface area contributed by atoms with Crippen LogP contribution >= 0.6 is 0 Å². The van der Waals surface area contributed by atoms with Gasteiger partial charge in [-0.05, 0) is 25.5 Å². The predicted octanol–water partition coefficient (Wildman–Crippen LogP) is 2.06. The van der Waals surface area contributed by atoms with E-state index in [1.165, 1.54) is 5.56 Å². The molecule has 1 aromatic carbocycles. The molecule has 0 aromatic heterocycles. The van der Waals surface area contributed by atoms with Gasteiger partial charge in [0, 0.05) is 25.7 Å². The molecule has 0 radical (unpaired) electrons. The first-order valence-corrected chi connectivity index (χ1v) is 7.32. The Bertz CT molecular complexity index is 435. The molecular weight excluding hydrogens is 252 g/mol. The highest BCUT2D eigenvalue weighted by Crippen LogP contribution is 2.19. The number of carboxylic acids is 1. The van der Waals surface area contributed by atoms with E-state index in [4.69, 9.17) is 0 Å². The Hall–Kier alpha value is -1.39. The van der Waals surface area contributed by atoms with Crippen LogP contribution in [0.2, 0.25) is 0 Å². The fraction of sp³-hybridized carbons (Fsp3) is 0.562. The van der Waals surface area contributed by atoms with E-state index in [0.717, 1.165) is 26.1 Å². The van der Waals surface area contributed by atoms with E-state index in [-0.39, 0.29) is 6.04 Å². The summed E-state index contributed by atoms with van der Waals surface area (Å²) in [7, 11) is 1.94. The van der Waals surface area contributed by atoms with Crippen LogP contribution in [0.25, 0.3) is 0 Å². The SMILES string of the molecule is CCC(C(=O)O)N(C)C1CCN(Cc2ccccc2)C1. The molecule has 4 heteroatoms. The molecular formula is C16H24N2O2. The van der Waals surface area contributed by atoms with Crippen molar-refractivity contribution >= 4 is 5.97 Å². The Labute approximate surface area is 121 Å². The topological polar surface area (TPSA) is 43.8 Å². The van der Waals surface area contributed by atoms with Gasteiger partial charge in [0.25, 0.3) is 0 Å². The lowest BCUT2D eigenvalue weighted by atomic mass is 10.1. The van der Waals surface area contributed by atoms with Crippen molar-refractivity contribution in [1.82, 2.24) is 9.80 Å². The maximum atomic E-state index is 11.2. The number of hydrogen-bond acceptors (Lipinski definition) is 3. The van der Waals surface area contributed by atoms with Crippen molar-refractivity contribution in [2.75, 3.05) is 20.1 Å². The largest absolute Gasteiger partial charge is 0.480 e. The van der Waals surface area contributed by atoms with Gasteiger partial charge in [-0.2, -0.15) is 0 Å². The fourth-order valence-corrected chi connectivity index (χ4v) is 3.02. The second-order valence-corrected chi connectivity index (χ2v) is 5.59. The summed E-state index contributed by atoms with van der Waals surface area (Å²) in [6.07, 6.45) is 1.70. The van der Waals surface area contributed by atoms with Crippen molar-refractivity contribution in [2.24, 2.45) is 0 Å². The number of aliphatic carboxylic acids is 1. The van der Waals surface area contributed by atoms with Crippen LogP contribution in [0.1, 0.15) is 25.3 Å². The van der Waals surface area contributed by atoms with Crippen LogP contribution in [0, 0.1) is 0 Å². The first kappa shape index (κ1) is 15.0. The second kappa shape index (κ2) is 6.86. The number of carboxylic acid groups (broad SMARTS) is 1. The van der Waals surface area contributed by atoms with Gasteiger partial charge in [-0.15, -0.1) is 0 Å². The van der Waals surface area contributed by atoms with Crippen molar-refractivity contribution in [3.63, 3.8) is 0 Å². The van der Waals surface area contributed by atoms with E-state index in [2.05, 4.69) is 29.2 Å². The van der Waals surface area contributed by atoms with Crippen LogP contribution in [0.4, 0.5) is 0 Å². The molecule has 0 amide bonds. The average molecular weight is 276 g/mol. The van der Waals surface area contributed by atoms with Gasteiger partial charge >= 0.3 is 5.97 Å². The number of likely N-dealkylation sites (tertiary alicyclic amines) is 1. The first-order chi connectivity index (χ1) is 9.61. The highest BCUT2D eigenvalue weighted by molar-refractivity contribution is 5.73. The molecule has 4 nitrogen and oxygen atoms in total. The number of likely N-dealkylation sites (N-methyl/N-ethyl adjacent to an activating group) is 1. The molecule has 0 bridgehead atoms. The monoisotopic (exact) mass is 276 g/mol. The van der Waals surface area contributed by atoms with Gasteiger partial charge in [0.1, 0.15) is 6.04 Å². The minimum Gasteiger partial charge on any atom is -0.480 e. The third-order valence-corrected chi connectivity index (χ3v) is 4.24. The summed E-state index contributed by atoms with van der Waals surface area (Å²) in [5, 5.41) is 9.25. The van der Waals surface area contributed by atoms with Crippen LogP contribution < -0.4 is 0 Å². The van der Waals surface area contributed by atoms with Crippen molar-refractivity contribution in [1.29, 1.82) is 0 Å². The zero-order chi connectivity index (χ0) is 14.5. The summed E-state index contributed by atoms with van der Waals surface area (Å²) >= 11 is 0. The molecule has 0 saturated carbocycles. The molecule has 1 N–H and O–H groups in total. The lowest BCUT2D eigenvalue weighted by molar-refractivity contribution is -0.143. The molecule has 1 saturated heterocycles. The summed E-state index contributed by atoms with van der Waals surface area (Å²) in [5.41, 5.74) is 1.32. The minimum absolute atomic E-state index is 0.347. The molecule has 2 atom stereocenters. The van der Waals surface area contributed by atoms with Crippen LogP contribution in [0.3, 0.4) is 0 Å². The lowest BCUT2D eigenvalue weighted by Crippen LogP contribution is -2.45. The lowest BCUT2D eigenvalue weighted by Gasteiger charge is -2.29. The molecule has 1 fully saturated rings. The smallest absolute Gasteiger partial charge is 0.320 e. The standard InChI is InChI=1S/C16H24N2O2/c1-3-15(16(19)20)17(2)14-9-10-18(12-14)11-13-7-5-4-6-8-13/h4-8,14-15H,3,9-12H2,1-2H3,(H,19,20). The number of hydrogen-bond donors (Lipinski definition) is 1. The van der Waals surface area contributed by atoms with Gasteiger partial charge in [-0.1, -0.05) is 37.3 Å². The normalized spacial score (nSPS) is 21.2. The Balaban J connectivity index is 1.90. The highest BCUT2D eigenvalue weighted by atomic mass is 16.4. The summed E-state index contributed by atoms with van der Waals surface area (Å²) in [6, 6.07) is 10.4. The van der Waals surface area contributed by atoms with Crippen LogP contribution in [-0.2, 0) is 11.3 Å². The molecule has 2 rings (SSSR count). The molecule has 1 aliphatic rings. The Morgan fingerprint density at radius 3 is 2.75 bits per heavy atom. The molecule has 2 unspecified atom stereocenters. The Morgan fingerprint density at radius 2 is 2.15 bits per heavy atom. The maximum absolute atomic E-state index is 11.2. The molecule has 110 valence electrons. The third kappa shape index (κ3) is 3.58. The van der Waals surface area contributed by atoms with Gasteiger partial charge in [-0.3, -0.25) is 14.6 Å².